The summed E-state index contributed by atoms with van der Waals surface area (Å²) in [5.41, 5.74) is 1.90. The van der Waals surface area contributed by atoms with Crippen molar-refractivity contribution in [2.45, 2.75) is 23.9 Å². The van der Waals surface area contributed by atoms with Gasteiger partial charge in [0.1, 0.15) is 5.82 Å². The third kappa shape index (κ3) is 3.85. The Balaban J connectivity index is 1.53. The molecular formula is C16H21N5OS. The standard InChI is InChI=1S/C16H21N5OS/c1-20(2)13-8-6-12(7-9-13)17-14(22)10-23-16-19-18-15(21(16)3)11-4-5-11/h6-9,11H,4-5,10H2,1-3H3,(H,17,22). The van der Waals surface area contributed by atoms with Gasteiger partial charge in [-0.2, -0.15) is 0 Å². The van der Waals surface area contributed by atoms with Crippen LogP contribution >= 0.6 is 11.8 Å². The SMILES string of the molecule is CN(C)c1ccc(NC(=O)CSc2nnc(C3CC3)n2C)cc1. The van der Waals surface area contributed by atoms with Gasteiger partial charge in [0.15, 0.2) is 5.16 Å². The number of nitrogens with one attached hydrogen (secondary N) is 1. The van der Waals surface area contributed by atoms with Crippen molar-refractivity contribution in [3.05, 3.63) is 30.1 Å². The van der Waals surface area contributed by atoms with E-state index in [1.165, 1.54) is 24.6 Å². The van der Waals surface area contributed by atoms with E-state index in [4.69, 9.17) is 0 Å². The van der Waals surface area contributed by atoms with Crippen LogP contribution in [0.25, 0.3) is 0 Å². The zero-order valence-electron chi connectivity index (χ0n) is 13.6. The Hall–Kier alpha value is -2.02. The first kappa shape index (κ1) is 15.9. The molecule has 122 valence electrons. The Morgan fingerprint density at radius 3 is 2.61 bits per heavy atom. The maximum Gasteiger partial charge on any atom is 0.234 e. The van der Waals surface area contributed by atoms with Crippen LogP contribution in [0.2, 0.25) is 0 Å². The number of aromatic nitrogens is 3. The molecule has 0 unspecified atom stereocenters. The van der Waals surface area contributed by atoms with E-state index >= 15 is 0 Å². The van der Waals surface area contributed by atoms with Crippen LogP contribution < -0.4 is 10.2 Å². The minimum Gasteiger partial charge on any atom is -0.378 e. The Morgan fingerprint density at radius 2 is 2.00 bits per heavy atom. The first-order chi connectivity index (χ1) is 11.0. The minimum absolute atomic E-state index is 0.0384. The van der Waals surface area contributed by atoms with Gasteiger partial charge in [-0.05, 0) is 37.1 Å². The van der Waals surface area contributed by atoms with E-state index in [9.17, 15) is 4.79 Å². The molecule has 0 atom stereocenters. The maximum atomic E-state index is 12.1. The molecule has 1 N–H and O–H groups in total. The highest BCUT2D eigenvalue weighted by molar-refractivity contribution is 7.99. The van der Waals surface area contributed by atoms with Gasteiger partial charge in [-0.25, -0.2) is 0 Å². The lowest BCUT2D eigenvalue weighted by Gasteiger charge is -2.13. The minimum atomic E-state index is -0.0384. The Labute approximate surface area is 140 Å². The average molecular weight is 331 g/mol. The molecule has 1 aromatic carbocycles. The van der Waals surface area contributed by atoms with Crippen molar-refractivity contribution in [2.75, 3.05) is 30.1 Å². The number of carbonyl (C=O) groups is 1. The molecule has 2 aromatic rings. The number of anilines is 2. The Bertz CT molecular complexity index is 691. The van der Waals surface area contributed by atoms with Gasteiger partial charge in [-0.1, -0.05) is 11.8 Å². The number of thioether (sulfide) groups is 1. The molecule has 0 saturated heterocycles. The highest BCUT2D eigenvalue weighted by Crippen LogP contribution is 2.39. The molecule has 0 aliphatic heterocycles. The normalized spacial score (nSPS) is 13.9. The van der Waals surface area contributed by atoms with Crippen molar-refractivity contribution in [3.63, 3.8) is 0 Å². The summed E-state index contributed by atoms with van der Waals surface area (Å²) in [6.07, 6.45) is 2.39. The molecule has 0 bridgehead atoms. The maximum absolute atomic E-state index is 12.1. The summed E-state index contributed by atoms with van der Waals surface area (Å²) in [4.78, 5) is 14.1. The van der Waals surface area contributed by atoms with Gasteiger partial charge in [0.25, 0.3) is 0 Å². The number of benzene rings is 1. The highest BCUT2D eigenvalue weighted by Gasteiger charge is 2.29. The molecule has 1 fully saturated rings. The van der Waals surface area contributed by atoms with Crippen LogP contribution in [0, 0.1) is 0 Å². The second-order valence-corrected chi connectivity index (χ2v) is 6.89. The largest absolute Gasteiger partial charge is 0.378 e. The summed E-state index contributed by atoms with van der Waals surface area (Å²) in [5, 5.41) is 12.1. The van der Waals surface area contributed by atoms with E-state index in [1.54, 1.807) is 0 Å². The predicted octanol–water partition coefficient (Wildman–Crippen LogP) is 2.49. The third-order valence-electron chi connectivity index (χ3n) is 3.81. The van der Waals surface area contributed by atoms with Crippen LogP contribution in [0.15, 0.2) is 29.4 Å². The van der Waals surface area contributed by atoms with Crippen LogP contribution in [-0.2, 0) is 11.8 Å². The molecule has 1 aliphatic carbocycles. The lowest BCUT2D eigenvalue weighted by atomic mass is 10.2. The molecule has 0 spiro atoms. The van der Waals surface area contributed by atoms with E-state index in [0.717, 1.165) is 22.4 Å². The fourth-order valence-electron chi connectivity index (χ4n) is 2.32. The van der Waals surface area contributed by atoms with Crippen LogP contribution in [0.3, 0.4) is 0 Å². The molecular weight excluding hydrogens is 310 g/mol. The number of hydrogen-bond donors (Lipinski definition) is 1. The van der Waals surface area contributed by atoms with E-state index in [0.29, 0.717) is 11.7 Å². The van der Waals surface area contributed by atoms with Crippen LogP contribution in [0.1, 0.15) is 24.6 Å². The van der Waals surface area contributed by atoms with Gasteiger partial charge in [-0.3, -0.25) is 4.79 Å². The first-order valence-electron chi connectivity index (χ1n) is 7.64. The average Bonchev–Trinajstić information content (AvgIpc) is 3.30. The lowest BCUT2D eigenvalue weighted by molar-refractivity contribution is -0.113. The summed E-state index contributed by atoms with van der Waals surface area (Å²) >= 11 is 1.42. The van der Waals surface area contributed by atoms with E-state index < -0.39 is 0 Å². The van der Waals surface area contributed by atoms with Crippen molar-refractivity contribution in [1.82, 2.24) is 14.8 Å². The Kier molecular flexibility index (Phi) is 4.56. The summed E-state index contributed by atoms with van der Waals surface area (Å²) in [6, 6.07) is 7.78. The highest BCUT2D eigenvalue weighted by atomic mass is 32.2. The molecule has 3 rings (SSSR count). The molecule has 1 heterocycles. The monoisotopic (exact) mass is 331 g/mol. The fraction of sp³-hybridized carbons (Fsp3) is 0.438. The lowest BCUT2D eigenvalue weighted by Crippen LogP contribution is -2.15. The molecule has 0 radical (unpaired) electrons. The smallest absolute Gasteiger partial charge is 0.234 e. The quantitative estimate of drug-likeness (QED) is 0.824. The summed E-state index contributed by atoms with van der Waals surface area (Å²) in [6.45, 7) is 0. The topological polar surface area (TPSA) is 63.1 Å². The molecule has 6 nitrogen and oxygen atoms in total. The molecule has 1 amide bonds. The van der Waals surface area contributed by atoms with E-state index in [2.05, 4.69) is 15.5 Å². The van der Waals surface area contributed by atoms with Crippen LogP contribution in [0.4, 0.5) is 11.4 Å². The number of amides is 1. The van der Waals surface area contributed by atoms with Gasteiger partial charge >= 0.3 is 0 Å². The Morgan fingerprint density at radius 1 is 1.30 bits per heavy atom. The number of rotatable bonds is 6. The van der Waals surface area contributed by atoms with Gasteiger partial charge in [0, 0.05) is 38.4 Å². The van der Waals surface area contributed by atoms with Crippen LogP contribution in [-0.4, -0.2) is 40.5 Å². The predicted molar refractivity (Wildman–Crippen MR) is 93.1 cm³/mol. The van der Waals surface area contributed by atoms with E-state index in [-0.39, 0.29) is 5.91 Å². The molecule has 23 heavy (non-hydrogen) atoms. The summed E-state index contributed by atoms with van der Waals surface area (Å²) in [7, 11) is 5.94. The van der Waals surface area contributed by atoms with Gasteiger partial charge in [-0.15, -0.1) is 10.2 Å². The molecule has 7 heteroatoms. The molecule has 1 aliphatic rings. The fourth-order valence-corrected chi connectivity index (χ4v) is 3.04. The second-order valence-electron chi connectivity index (χ2n) is 5.95. The molecule has 1 saturated carbocycles. The second kappa shape index (κ2) is 6.62. The molecule has 1 aromatic heterocycles. The third-order valence-corrected chi connectivity index (χ3v) is 4.83. The zero-order chi connectivity index (χ0) is 16.4. The van der Waals surface area contributed by atoms with Gasteiger partial charge in [0.05, 0.1) is 5.75 Å². The van der Waals surface area contributed by atoms with Crippen LogP contribution in [0.5, 0.6) is 0 Å². The number of nitrogens with zero attached hydrogens (tertiary/aromatic N) is 4. The summed E-state index contributed by atoms with van der Waals surface area (Å²) in [5.74, 6) is 1.88. The number of hydrogen-bond acceptors (Lipinski definition) is 5. The van der Waals surface area contributed by atoms with Crippen molar-refractivity contribution in [2.24, 2.45) is 7.05 Å². The van der Waals surface area contributed by atoms with Crippen molar-refractivity contribution < 1.29 is 4.79 Å². The number of carbonyl (C=O) groups excluding carboxylic acids is 1. The summed E-state index contributed by atoms with van der Waals surface area (Å²) < 4.78 is 2.00. The zero-order valence-corrected chi connectivity index (χ0v) is 14.4. The van der Waals surface area contributed by atoms with Gasteiger partial charge in [0.2, 0.25) is 5.91 Å². The van der Waals surface area contributed by atoms with Crippen molar-refractivity contribution in [3.8, 4) is 0 Å². The first-order valence-corrected chi connectivity index (χ1v) is 8.62. The van der Waals surface area contributed by atoms with Crippen molar-refractivity contribution in [1.29, 1.82) is 0 Å². The van der Waals surface area contributed by atoms with E-state index in [1.807, 2.05) is 54.9 Å². The van der Waals surface area contributed by atoms with Crippen molar-refractivity contribution >= 4 is 29.0 Å². The van der Waals surface area contributed by atoms with Gasteiger partial charge < -0.3 is 14.8 Å².